The Morgan fingerprint density at radius 3 is 2.70 bits per heavy atom. The van der Waals surface area contributed by atoms with Gasteiger partial charge in [0, 0.05) is 39.3 Å². The van der Waals surface area contributed by atoms with Gasteiger partial charge in [-0.15, -0.1) is 0 Å². The Hall–Kier alpha value is -0.940. The molecule has 1 aromatic rings. The Morgan fingerprint density at radius 2 is 2.04 bits per heavy atom. The molecule has 4 heteroatoms. The summed E-state index contributed by atoms with van der Waals surface area (Å²) in [5.74, 6) is 0. The molecule has 1 aliphatic rings. The van der Waals surface area contributed by atoms with E-state index in [9.17, 15) is 5.11 Å². The summed E-state index contributed by atoms with van der Waals surface area (Å²) in [4.78, 5) is 4.78. The highest BCUT2D eigenvalue weighted by Crippen LogP contribution is 2.13. The Bertz CT molecular complexity index is 444. The minimum Gasteiger partial charge on any atom is -0.389 e. The van der Waals surface area contributed by atoms with Gasteiger partial charge in [-0.2, -0.15) is 0 Å². The number of rotatable bonds is 7. The molecule has 0 radical (unpaired) electrons. The summed E-state index contributed by atoms with van der Waals surface area (Å²) < 4.78 is 6.05. The van der Waals surface area contributed by atoms with Crippen LogP contribution in [-0.4, -0.2) is 65.9 Å². The molecule has 1 atom stereocenters. The molecule has 1 fully saturated rings. The molecular weight excluding hydrogens is 288 g/mol. The van der Waals surface area contributed by atoms with Crippen LogP contribution >= 0.6 is 0 Å². The van der Waals surface area contributed by atoms with Crippen LogP contribution in [0, 0.1) is 0 Å². The average Bonchev–Trinajstić information content (AvgIpc) is 2.71. The standard InChI is InChI=1S/C19H32N2O2/c1-4-20(16-19(2,3)22)14-18-15-21(11-8-12-23-18)13-17-9-6-5-7-10-17/h5-7,9-10,18,22H,4,8,11-16H2,1-3H3/t18-/m0/s1. The van der Waals surface area contributed by atoms with Gasteiger partial charge in [0.15, 0.2) is 0 Å². The second kappa shape index (κ2) is 8.78. The van der Waals surface area contributed by atoms with Crippen molar-refractivity contribution in [1.29, 1.82) is 0 Å². The van der Waals surface area contributed by atoms with Crippen molar-refractivity contribution in [3.63, 3.8) is 0 Å². The molecule has 1 aromatic carbocycles. The summed E-state index contributed by atoms with van der Waals surface area (Å²) in [6, 6.07) is 10.6. The van der Waals surface area contributed by atoms with Gasteiger partial charge >= 0.3 is 0 Å². The van der Waals surface area contributed by atoms with Crippen molar-refractivity contribution in [1.82, 2.24) is 9.80 Å². The highest BCUT2D eigenvalue weighted by Gasteiger charge is 2.24. The summed E-state index contributed by atoms with van der Waals surface area (Å²) in [7, 11) is 0. The molecular formula is C19H32N2O2. The first-order chi connectivity index (χ1) is 11.0. The fourth-order valence-corrected chi connectivity index (χ4v) is 3.21. The minimum atomic E-state index is -0.662. The van der Waals surface area contributed by atoms with Gasteiger partial charge in [0.1, 0.15) is 0 Å². The van der Waals surface area contributed by atoms with Crippen molar-refractivity contribution >= 4 is 0 Å². The number of nitrogens with zero attached hydrogens (tertiary/aromatic N) is 2. The van der Waals surface area contributed by atoms with Crippen LogP contribution in [0.15, 0.2) is 30.3 Å². The zero-order valence-electron chi connectivity index (χ0n) is 14.9. The van der Waals surface area contributed by atoms with E-state index in [2.05, 4.69) is 47.1 Å². The van der Waals surface area contributed by atoms with Gasteiger partial charge in [-0.25, -0.2) is 0 Å². The van der Waals surface area contributed by atoms with Crippen LogP contribution in [-0.2, 0) is 11.3 Å². The molecule has 0 amide bonds. The molecule has 23 heavy (non-hydrogen) atoms. The van der Waals surface area contributed by atoms with Crippen LogP contribution in [0.1, 0.15) is 32.8 Å². The van der Waals surface area contributed by atoms with Crippen LogP contribution in [0.2, 0.25) is 0 Å². The van der Waals surface area contributed by atoms with E-state index in [0.717, 1.165) is 45.8 Å². The topological polar surface area (TPSA) is 35.9 Å². The van der Waals surface area contributed by atoms with E-state index in [1.807, 2.05) is 13.8 Å². The normalized spacial score (nSPS) is 20.7. The minimum absolute atomic E-state index is 0.212. The molecule has 0 spiro atoms. The Balaban J connectivity index is 1.90. The third kappa shape index (κ3) is 7.00. The number of hydrogen-bond donors (Lipinski definition) is 1. The van der Waals surface area contributed by atoms with Gasteiger partial charge in [0.25, 0.3) is 0 Å². The number of benzene rings is 1. The first-order valence-electron chi connectivity index (χ1n) is 8.79. The molecule has 1 N–H and O–H groups in total. The summed E-state index contributed by atoms with van der Waals surface area (Å²) in [5.41, 5.74) is 0.696. The lowest BCUT2D eigenvalue weighted by Crippen LogP contribution is -2.45. The summed E-state index contributed by atoms with van der Waals surface area (Å²) in [6.07, 6.45) is 1.30. The van der Waals surface area contributed by atoms with Gasteiger partial charge in [-0.3, -0.25) is 9.80 Å². The number of aliphatic hydroxyl groups is 1. The van der Waals surface area contributed by atoms with Gasteiger partial charge < -0.3 is 9.84 Å². The quantitative estimate of drug-likeness (QED) is 0.837. The maximum absolute atomic E-state index is 10.1. The van der Waals surface area contributed by atoms with Crippen LogP contribution < -0.4 is 0 Å². The van der Waals surface area contributed by atoms with E-state index < -0.39 is 5.60 Å². The monoisotopic (exact) mass is 320 g/mol. The molecule has 4 nitrogen and oxygen atoms in total. The van der Waals surface area contributed by atoms with Crippen molar-refractivity contribution in [3.05, 3.63) is 35.9 Å². The van der Waals surface area contributed by atoms with Crippen molar-refractivity contribution in [2.75, 3.05) is 39.3 Å². The summed E-state index contributed by atoms with van der Waals surface area (Å²) in [6.45, 7) is 12.2. The van der Waals surface area contributed by atoms with E-state index in [-0.39, 0.29) is 6.10 Å². The molecule has 1 aliphatic heterocycles. The average molecular weight is 320 g/mol. The third-order valence-corrected chi connectivity index (χ3v) is 4.20. The van der Waals surface area contributed by atoms with Crippen LogP contribution in [0.25, 0.3) is 0 Å². The fraction of sp³-hybridized carbons (Fsp3) is 0.684. The smallest absolute Gasteiger partial charge is 0.0828 e. The lowest BCUT2D eigenvalue weighted by molar-refractivity contribution is -0.00517. The van der Waals surface area contributed by atoms with Crippen molar-refractivity contribution in [3.8, 4) is 0 Å². The number of hydrogen-bond acceptors (Lipinski definition) is 4. The molecule has 0 saturated carbocycles. The predicted molar refractivity (Wildman–Crippen MR) is 94.5 cm³/mol. The van der Waals surface area contributed by atoms with Crippen LogP contribution in [0.4, 0.5) is 0 Å². The lowest BCUT2D eigenvalue weighted by atomic mass is 10.1. The Labute approximate surface area is 141 Å². The number of likely N-dealkylation sites (N-methyl/N-ethyl adjacent to an activating group) is 1. The largest absolute Gasteiger partial charge is 0.389 e. The molecule has 0 aliphatic carbocycles. The van der Waals surface area contributed by atoms with Crippen molar-refractivity contribution in [2.24, 2.45) is 0 Å². The molecule has 0 unspecified atom stereocenters. The fourth-order valence-electron chi connectivity index (χ4n) is 3.21. The van der Waals surface area contributed by atoms with E-state index in [1.54, 1.807) is 0 Å². The van der Waals surface area contributed by atoms with Gasteiger partial charge in [-0.05, 0) is 32.4 Å². The second-order valence-electron chi connectivity index (χ2n) is 7.21. The SMILES string of the molecule is CCN(C[C@H]1CN(Cc2ccccc2)CCCO1)CC(C)(C)O. The number of ether oxygens (including phenoxy) is 1. The summed E-state index contributed by atoms with van der Waals surface area (Å²) in [5, 5.41) is 10.1. The van der Waals surface area contributed by atoms with E-state index in [0.29, 0.717) is 6.54 Å². The van der Waals surface area contributed by atoms with Crippen LogP contribution in [0.5, 0.6) is 0 Å². The van der Waals surface area contributed by atoms with Crippen LogP contribution in [0.3, 0.4) is 0 Å². The van der Waals surface area contributed by atoms with E-state index in [4.69, 9.17) is 4.74 Å². The zero-order valence-corrected chi connectivity index (χ0v) is 14.9. The molecule has 1 heterocycles. The zero-order chi connectivity index (χ0) is 16.7. The van der Waals surface area contributed by atoms with E-state index >= 15 is 0 Å². The first kappa shape index (κ1) is 18.4. The highest BCUT2D eigenvalue weighted by atomic mass is 16.5. The lowest BCUT2D eigenvalue weighted by Gasteiger charge is -2.32. The maximum Gasteiger partial charge on any atom is 0.0828 e. The third-order valence-electron chi connectivity index (χ3n) is 4.20. The molecule has 0 bridgehead atoms. The molecule has 130 valence electrons. The Morgan fingerprint density at radius 1 is 1.30 bits per heavy atom. The van der Waals surface area contributed by atoms with Gasteiger partial charge in [-0.1, -0.05) is 37.3 Å². The summed E-state index contributed by atoms with van der Waals surface area (Å²) >= 11 is 0. The molecule has 1 saturated heterocycles. The molecule has 2 rings (SSSR count). The van der Waals surface area contributed by atoms with Gasteiger partial charge in [0.2, 0.25) is 0 Å². The Kier molecular flexibility index (Phi) is 7.03. The highest BCUT2D eigenvalue weighted by molar-refractivity contribution is 5.14. The second-order valence-corrected chi connectivity index (χ2v) is 7.21. The van der Waals surface area contributed by atoms with Crippen molar-refractivity contribution in [2.45, 2.75) is 45.4 Å². The van der Waals surface area contributed by atoms with E-state index in [1.165, 1.54) is 5.56 Å². The van der Waals surface area contributed by atoms with Crippen molar-refractivity contribution < 1.29 is 9.84 Å². The first-order valence-corrected chi connectivity index (χ1v) is 8.79. The maximum atomic E-state index is 10.1. The van der Waals surface area contributed by atoms with Gasteiger partial charge in [0.05, 0.1) is 11.7 Å². The molecule has 0 aromatic heterocycles. The predicted octanol–water partition coefficient (Wildman–Crippen LogP) is 2.37.